The molecule has 0 saturated carbocycles. The fourth-order valence-electron chi connectivity index (χ4n) is 3.99. The molecule has 4 rings (SSSR count). The van der Waals surface area contributed by atoms with E-state index in [1.54, 1.807) is 22.9 Å². The first-order valence-corrected chi connectivity index (χ1v) is 11.1. The lowest BCUT2D eigenvalue weighted by atomic mass is 10.0. The number of hydrogen-bond donors (Lipinski definition) is 1. The van der Waals surface area contributed by atoms with Crippen molar-refractivity contribution in [3.05, 3.63) is 39.8 Å². The fourth-order valence-corrected chi connectivity index (χ4v) is 3.99. The van der Waals surface area contributed by atoms with Crippen LogP contribution in [-0.4, -0.2) is 69.9 Å². The highest BCUT2D eigenvalue weighted by Gasteiger charge is 2.20. The van der Waals surface area contributed by atoms with Crippen molar-refractivity contribution in [2.75, 3.05) is 39.5 Å². The first kappa shape index (κ1) is 22.2. The summed E-state index contributed by atoms with van der Waals surface area (Å²) in [6.45, 7) is 7.49. The summed E-state index contributed by atoms with van der Waals surface area (Å²) in [5.74, 6) is 0.948. The second kappa shape index (κ2) is 9.62. The molecule has 1 saturated heterocycles. The number of nitrogens with one attached hydrogen (secondary N) is 1. The van der Waals surface area contributed by atoms with Gasteiger partial charge in [0, 0.05) is 25.7 Å². The van der Waals surface area contributed by atoms with E-state index in [1.807, 2.05) is 14.0 Å². The molecule has 3 heterocycles. The first-order chi connectivity index (χ1) is 15.5. The van der Waals surface area contributed by atoms with Gasteiger partial charge in [0.05, 0.1) is 37.6 Å². The molecule has 0 radical (unpaired) electrons. The van der Waals surface area contributed by atoms with Gasteiger partial charge in [-0.3, -0.25) is 19.2 Å². The van der Waals surface area contributed by atoms with Crippen LogP contribution in [0.15, 0.2) is 23.0 Å². The van der Waals surface area contributed by atoms with Crippen molar-refractivity contribution in [2.45, 2.75) is 26.7 Å². The predicted molar refractivity (Wildman–Crippen MR) is 121 cm³/mol. The van der Waals surface area contributed by atoms with E-state index in [2.05, 4.69) is 21.9 Å². The molecule has 0 unspecified atom stereocenters. The minimum Gasteiger partial charge on any atom is -0.493 e. The summed E-state index contributed by atoms with van der Waals surface area (Å²) in [5.41, 5.74) is 2.64. The van der Waals surface area contributed by atoms with Gasteiger partial charge in [-0.05, 0) is 31.5 Å². The molecule has 0 atom stereocenters. The van der Waals surface area contributed by atoms with Gasteiger partial charge < -0.3 is 14.5 Å². The molecule has 0 spiro atoms. The zero-order valence-electron chi connectivity index (χ0n) is 18.8. The van der Waals surface area contributed by atoms with Crippen LogP contribution in [0.4, 0.5) is 0 Å². The molecule has 1 N–H and O–H groups in total. The molecular formula is C23H29N5O4. The number of Topliss-reactive ketones (excluding diaryl/α,β-unsaturated/α-hetero) is 1. The number of fused-ring (bicyclic) bond motifs is 1. The van der Waals surface area contributed by atoms with Gasteiger partial charge in [-0.1, -0.05) is 13.3 Å². The Morgan fingerprint density at radius 2 is 2.00 bits per heavy atom. The van der Waals surface area contributed by atoms with Gasteiger partial charge in [0.25, 0.3) is 5.56 Å². The summed E-state index contributed by atoms with van der Waals surface area (Å²) in [7, 11) is 1.82. The maximum Gasteiger partial charge on any atom is 0.279 e. The van der Waals surface area contributed by atoms with E-state index in [0.717, 1.165) is 31.6 Å². The maximum absolute atomic E-state index is 13.0. The van der Waals surface area contributed by atoms with Gasteiger partial charge in [0.15, 0.2) is 11.3 Å². The summed E-state index contributed by atoms with van der Waals surface area (Å²) >= 11 is 0. The summed E-state index contributed by atoms with van der Waals surface area (Å²) < 4.78 is 12.9. The minimum absolute atomic E-state index is 0.00710. The number of ketones is 1. The summed E-state index contributed by atoms with van der Waals surface area (Å²) in [5, 5.41) is 4.34. The number of carbonyl (C=O) groups excluding carboxylic acids is 1. The van der Waals surface area contributed by atoms with Crippen molar-refractivity contribution in [1.82, 2.24) is 24.6 Å². The Bertz CT molecular complexity index is 1180. The van der Waals surface area contributed by atoms with E-state index in [0.29, 0.717) is 60.1 Å². The lowest BCUT2D eigenvalue weighted by Crippen LogP contribution is -2.39. The molecule has 1 aliphatic heterocycles. The van der Waals surface area contributed by atoms with Crippen LogP contribution in [0.3, 0.4) is 0 Å². The highest BCUT2D eigenvalue weighted by atomic mass is 16.5. The number of hydrogen-bond acceptors (Lipinski definition) is 7. The van der Waals surface area contributed by atoms with Crippen LogP contribution in [0.5, 0.6) is 5.75 Å². The fraction of sp³-hybridized carbons (Fsp3) is 0.478. The number of aromatic nitrogens is 4. The molecule has 9 nitrogen and oxygen atoms in total. The van der Waals surface area contributed by atoms with Gasteiger partial charge in [-0.2, -0.15) is 5.10 Å². The minimum atomic E-state index is -0.310. The molecule has 0 bridgehead atoms. The van der Waals surface area contributed by atoms with Crippen molar-refractivity contribution in [1.29, 1.82) is 0 Å². The number of H-pyrrole nitrogens is 1. The highest BCUT2D eigenvalue weighted by Crippen LogP contribution is 2.30. The molecule has 2 aromatic heterocycles. The largest absolute Gasteiger partial charge is 0.493 e. The SMILES string of the molecule is CCCc1c2nc(-c3cc(C(=O)CN4CCOCC4)ccc3OCC)[nH]c(=O)c2nn1C. The van der Waals surface area contributed by atoms with E-state index < -0.39 is 0 Å². The van der Waals surface area contributed by atoms with E-state index in [4.69, 9.17) is 14.5 Å². The number of carbonyl (C=O) groups is 1. The predicted octanol–water partition coefficient (Wildman–Crippen LogP) is 2.19. The highest BCUT2D eigenvalue weighted by molar-refractivity contribution is 5.99. The Morgan fingerprint density at radius 1 is 1.22 bits per heavy atom. The van der Waals surface area contributed by atoms with Gasteiger partial charge in [-0.15, -0.1) is 0 Å². The van der Waals surface area contributed by atoms with Crippen LogP contribution in [-0.2, 0) is 18.2 Å². The van der Waals surface area contributed by atoms with Gasteiger partial charge in [0.1, 0.15) is 17.1 Å². The quantitative estimate of drug-likeness (QED) is 0.537. The molecule has 1 aromatic carbocycles. The van der Waals surface area contributed by atoms with E-state index in [9.17, 15) is 9.59 Å². The Morgan fingerprint density at radius 3 is 2.72 bits per heavy atom. The van der Waals surface area contributed by atoms with Crippen LogP contribution in [0.25, 0.3) is 22.4 Å². The lowest BCUT2D eigenvalue weighted by Gasteiger charge is -2.25. The first-order valence-electron chi connectivity index (χ1n) is 11.1. The average molecular weight is 440 g/mol. The second-order valence-corrected chi connectivity index (χ2v) is 7.89. The number of nitrogens with zero attached hydrogens (tertiary/aromatic N) is 4. The van der Waals surface area contributed by atoms with E-state index in [1.165, 1.54) is 0 Å². The topological polar surface area (TPSA) is 102 Å². The standard InChI is InChI=1S/C23H29N5O4/c1-4-6-17-20-21(26-27(17)3)23(30)25-22(24-20)16-13-15(7-8-19(16)32-5-2)18(29)14-28-9-11-31-12-10-28/h7-8,13H,4-6,9-12,14H2,1-3H3,(H,24,25,30). The molecule has 9 heteroatoms. The van der Waals surface area contributed by atoms with E-state index >= 15 is 0 Å². The number of aryl methyl sites for hydroxylation is 2. The van der Waals surface area contributed by atoms with Crippen molar-refractivity contribution >= 4 is 16.8 Å². The molecule has 1 fully saturated rings. The average Bonchev–Trinajstić information content (AvgIpc) is 3.11. The smallest absolute Gasteiger partial charge is 0.279 e. The molecule has 170 valence electrons. The molecule has 0 amide bonds. The van der Waals surface area contributed by atoms with Crippen LogP contribution >= 0.6 is 0 Å². The maximum atomic E-state index is 13.0. The summed E-state index contributed by atoms with van der Waals surface area (Å²) in [4.78, 5) is 35.4. The van der Waals surface area contributed by atoms with Gasteiger partial charge in [0.2, 0.25) is 0 Å². The number of morpholine rings is 1. The van der Waals surface area contributed by atoms with Gasteiger partial charge >= 0.3 is 0 Å². The normalized spacial score (nSPS) is 14.7. The van der Waals surface area contributed by atoms with Gasteiger partial charge in [-0.25, -0.2) is 4.98 Å². The monoisotopic (exact) mass is 439 g/mol. The third kappa shape index (κ3) is 4.44. The van der Waals surface area contributed by atoms with E-state index in [-0.39, 0.29) is 11.3 Å². The Labute approximate surface area is 186 Å². The number of benzene rings is 1. The molecule has 3 aromatic rings. The zero-order chi connectivity index (χ0) is 22.7. The number of ether oxygens (including phenoxy) is 2. The lowest BCUT2D eigenvalue weighted by molar-refractivity contribution is 0.0371. The van der Waals surface area contributed by atoms with Crippen LogP contribution < -0.4 is 10.3 Å². The van der Waals surface area contributed by atoms with Crippen LogP contribution in [0.1, 0.15) is 36.3 Å². The zero-order valence-corrected chi connectivity index (χ0v) is 18.8. The van der Waals surface area contributed by atoms with Crippen molar-refractivity contribution in [2.24, 2.45) is 7.05 Å². The molecule has 1 aliphatic rings. The van der Waals surface area contributed by atoms with Crippen LogP contribution in [0.2, 0.25) is 0 Å². The Kier molecular flexibility index (Phi) is 6.66. The summed E-state index contributed by atoms with van der Waals surface area (Å²) in [6, 6.07) is 5.29. The molecule has 0 aliphatic carbocycles. The Balaban J connectivity index is 1.76. The third-order valence-corrected chi connectivity index (χ3v) is 5.62. The van der Waals surface area contributed by atoms with Crippen LogP contribution in [0, 0.1) is 0 Å². The van der Waals surface area contributed by atoms with Crippen molar-refractivity contribution in [3.8, 4) is 17.1 Å². The third-order valence-electron chi connectivity index (χ3n) is 5.62. The molecular weight excluding hydrogens is 410 g/mol. The second-order valence-electron chi connectivity index (χ2n) is 7.89. The number of rotatable bonds is 8. The number of aromatic amines is 1. The summed E-state index contributed by atoms with van der Waals surface area (Å²) in [6.07, 6.45) is 1.67. The van der Waals surface area contributed by atoms with Crippen molar-refractivity contribution in [3.63, 3.8) is 0 Å². The molecule has 32 heavy (non-hydrogen) atoms. The Hall–Kier alpha value is -3.04. The van der Waals surface area contributed by atoms with Crippen molar-refractivity contribution < 1.29 is 14.3 Å².